The third kappa shape index (κ3) is 1.95. The minimum Gasteiger partial charge on any atom is -0.369 e. The number of hydrogen-bond acceptors (Lipinski definition) is 4. The van der Waals surface area contributed by atoms with Crippen LogP contribution < -0.4 is 11.1 Å². The lowest BCUT2D eigenvalue weighted by Gasteiger charge is -2.05. The van der Waals surface area contributed by atoms with Crippen molar-refractivity contribution in [1.29, 1.82) is 0 Å². The number of aromatic amines is 1. The molecule has 3 aromatic rings. The van der Waals surface area contributed by atoms with E-state index in [4.69, 9.17) is 5.73 Å². The topological polar surface area (TPSA) is 79.6 Å². The third-order valence-corrected chi connectivity index (χ3v) is 2.47. The van der Waals surface area contributed by atoms with Gasteiger partial charge in [0, 0.05) is 5.69 Å². The Kier molecular flexibility index (Phi) is 2.33. The zero-order valence-corrected chi connectivity index (χ0v) is 9.31. The number of nitrogens with zero attached hydrogens (tertiary/aromatic N) is 2. The lowest BCUT2D eigenvalue weighted by Crippen LogP contribution is -1.91. The number of rotatable bonds is 2. The van der Waals surface area contributed by atoms with E-state index in [1.54, 1.807) is 18.3 Å². The number of anilines is 3. The highest BCUT2D eigenvalue weighted by atomic mass is 19.1. The van der Waals surface area contributed by atoms with E-state index in [1.165, 1.54) is 12.1 Å². The summed E-state index contributed by atoms with van der Waals surface area (Å²) >= 11 is 0. The molecule has 0 atom stereocenters. The van der Waals surface area contributed by atoms with Crippen LogP contribution in [0, 0.1) is 5.82 Å². The van der Waals surface area contributed by atoms with E-state index in [0.29, 0.717) is 17.3 Å². The number of H-pyrrole nitrogens is 1. The van der Waals surface area contributed by atoms with Crippen molar-refractivity contribution in [2.45, 2.75) is 0 Å². The van der Waals surface area contributed by atoms with E-state index >= 15 is 0 Å². The van der Waals surface area contributed by atoms with E-state index in [-0.39, 0.29) is 5.82 Å². The number of pyridine rings is 1. The standard InChI is InChI=1S/C12H10FN5/c13-7-2-1-3-8(4-7)16-9-5-10-11(15-6-9)18-12(14)17-10/h1-6,16H,(H3,14,15,17,18). The quantitative estimate of drug-likeness (QED) is 0.645. The zero-order chi connectivity index (χ0) is 12.5. The summed E-state index contributed by atoms with van der Waals surface area (Å²) in [4.78, 5) is 11.0. The lowest BCUT2D eigenvalue weighted by atomic mass is 10.3. The molecular weight excluding hydrogens is 233 g/mol. The molecule has 0 aliphatic rings. The van der Waals surface area contributed by atoms with Crippen LogP contribution in [0.5, 0.6) is 0 Å². The van der Waals surface area contributed by atoms with Crippen LogP contribution in [0.3, 0.4) is 0 Å². The van der Waals surface area contributed by atoms with Gasteiger partial charge in [-0.05, 0) is 24.3 Å². The van der Waals surface area contributed by atoms with Crippen molar-refractivity contribution in [3.8, 4) is 0 Å². The summed E-state index contributed by atoms with van der Waals surface area (Å²) in [5.74, 6) is 0.0280. The normalized spacial score (nSPS) is 10.7. The fourth-order valence-corrected chi connectivity index (χ4v) is 1.72. The molecule has 0 bridgehead atoms. The highest BCUT2D eigenvalue weighted by Crippen LogP contribution is 2.20. The molecule has 0 spiro atoms. The number of nitrogens with two attached hydrogens (primary N) is 1. The van der Waals surface area contributed by atoms with Crippen molar-refractivity contribution < 1.29 is 4.39 Å². The highest BCUT2D eigenvalue weighted by Gasteiger charge is 2.03. The zero-order valence-electron chi connectivity index (χ0n) is 9.31. The van der Waals surface area contributed by atoms with Gasteiger partial charge in [0.15, 0.2) is 11.6 Å². The van der Waals surface area contributed by atoms with Crippen molar-refractivity contribution in [2.75, 3.05) is 11.1 Å². The van der Waals surface area contributed by atoms with Crippen molar-refractivity contribution in [3.63, 3.8) is 0 Å². The molecule has 2 heterocycles. The number of hydrogen-bond donors (Lipinski definition) is 3. The van der Waals surface area contributed by atoms with Crippen molar-refractivity contribution in [1.82, 2.24) is 15.0 Å². The fourth-order valence-electron chi connectivity index (χ4n) is 1.72. The number of imidazole rings is 1. The van der Waals surface area contributed by atoms with E-state index in [0.717, 1.165) is 11.2 Å². The first-order valence-corrected chi connectivity index (χ1v) is 5.34. The first-order valence-electron chi connectivity index (χ1n) is 5.34. The molecule has 4 N–H and O–H groups in total. The highest BCUT2D eigenvalue weighted by molar-refractivity contribution is 5.78. The molecule has 90 valence electrons. The van der Waals surface area contributed by atoms with Gasteiger partial charge in [-0.25, -0.2) is 9.37 Å². The van der Waals surface area contributed by atoms with Gasteiger partial charge in [-0.1, -0.05) is 6.07 Å². The molecule has 0 aliphatic heterocycles. The number of halogens is 1. The van der Waals surface area contributed by atoms with Crippen molar-refractivity contribution >= 4 is 28.5 Å². The van der Waals surface area contributed by atoms with Crippen molar-refractivity contribution in [3.05, 3.63) is 42.3 Å². The summed E-state index contributed by atoms with van der Waals surface area (Å²) in [6, 6.07) is 8.02. The van der Waals surface area contributed by atoms with Gasteiger partial charge in [-0.3, -0.25) is 0 Å². The van der Waals surface area contributed by atoms with E-state index in [9.17, 15) is 4.39 Å². The molecule has 3 rings (SSSR count). The summed E-state index contributed by atoms with van der Waals surface area (Å²) in [6.07, 6.45) is 1.62. The summed E-state index contributed by atoms with van der Waals surface area (Å²) in [6.45, 7) is 0. The summed E-state index contributed by atoms with van der Waals surface area (Å²) in [7, 11) is 0. The van der Waals surface area contributed by atoms with Gasteiger partial charge < -0.3 is 16.0 Å². The minimum absolute atomic E-state index is 0.292. The third-order valence-electron chi connectivity index (χ3n) is 2.47. The Morgan fingerprint density at radius 2 is 2.11 bits per heavy atom. The van der Waals surface area contributed by atoms with Gasteiger partial charge in [-0.15, -0.1) is 0 Å². The summed E-state index contributed by atoms with van der Waals surface area (Å²) in [5, 5.41) is 3.06. The molecule has 0 radical (unpaired) electrons. The molecule has 1 aromatic carbocycles. The Bertz CT molecular complexity index is 707. The van der Waals surface area contributed by atoms with Gasteiger partial charge >= 0.3 is 0 Å². The summed E-state index contributed by atoms with van der Waals surface area (Å²) in [5.41, 5.74) is 8.21. The second-order valence-electron chi connectivity index (χ2n) is 3.85. The van der Waals surface area contributed by atoms with Crippen LogP contribution in [0.25, 0.3) is 11.2 Å². The van der Waals surface area contributed by atoms with E-state index in [1.807, 2.05) is 6.07 Å². The fraction of sp³-hybridized carbons (Fsp3) is 0. The molecule has 18 heavy (non-hydrogen) atoms. The van der Waals surface area contributed by atoms with E-state index in [2.05, 4.69) is 20.3 Å². The molecule has 2 aromatic heterocycles. The maximum Gasteiger partial charge on any atom is 0.200 e. The van der Waals surface area contributed by atoms with Crippen molar-refractivity contribution in [2.24, 2.45) is 0 Å². The average molecular weight is 243 g/mol. The van der Waals surface area contributed by atoms with Gasteiger partial charge in [0.2, 0.25) is 0 Å². The van der Waals surface area contributed by atoms with Crippen LogP contribution in [0.4, 0.5) is 21.7 Å². The molecule has 0 saturated heterocycles. The van der Waals surface area contributed by atoms with Gasteiger partial charge in [0.25, 0.3) is 0 Å². The van der Waals surface area contributed by atoms with Crippen LogP contribution in [-0.4, -0.2) is 15.0 Å². The molecule has 0 aliphatic carbocycles. The predicted molar refractivity (Wildman–Crippen MR) is 68.0 cm³/mol. The molecule has 5 nitrogen and oxygen atoms in total. The molecule has 0 saturated carbocycles. The Hall–Kier alpha value is -2.63. The Morgan fingerprint density at radius 1 is 1.22 bits per heavy atom. The van der Waals surface area contributed by atoms with Crippen LogP contribution in [0.1, 0.15) is 0 Å². The molecular formula is C12H10FN5. The second-order valence-corrected chi connectivity index (χ2v) is 3.85. The smallest absolute Gasteiger partial charge is 0.200 e. The predicted octanol–water partition coefficient (Wildman–Crippen LogP) is 2.42. The number of fused-ring (bicyclic) bond motifs is 1. The largest absolute Gasteiger partial charge is 0.369 e. The monoisotopic (exact) mass is 243 g/mol. The number of aromatic nitrogens is 3. The SMILES string of the molecule is Nc1nc2ncc(Nc3cccc(F)c3)cc2[nH]1. The Labute approximate surface area is 102 Å². The molecule has 0 unspecified atom stereocenters. The maximum absolute atomic E-state index is 13.0. The number of nitrogen functional groups attached to an aromatic ring is 1. The van der Waals surface area contributed by atoms with Gasteiger partial charge in [-0.2, -0.15) is 4.98 Å². The first kappa shape index (κ1) is 10.5. The minimum atomic E-state index is -0.292. The number of benzene rings is 1. The Balaban J connectivity index is 1.94. The second kappa shape index (κ2) is 3.99. The molecule has 0 fully saturated rings. The molecule has 0 amide bonds. The number of nitrogens with one attached hydrogen (secondary N) is 2. The first-order chi connectivity index (χ1) is 8.70. The van der Waals surface area contributed by atoms with Gasteiger partial charge in [0.05, 0.1) is 17.4 Å². The maximum atomic E-state index is 13.0. The van der Waals surface area contributed by atoms with Crippen LogP contribution in [-0.2, 0) is 0 Å². The molecule has 6 heteroatoms. The van der Waals surface area contributed by atoms with Crippen LogP contribution in [0.2, 0.25) is 0 Å². The van der Waals surface area contributed by atoms with Crippen LogP contribution in [0.15, 0.2) is 36.5 Å². The average Bonchev–Trinajstić information content (AvgIpc) is 2.68. The van der Waals surface area contributed by atoms with Gasteiger partial charge in [0.1, 0.15) is 5.82 Å². The summed E-state index contributed by atoms with van der Waals surface area (Å²) < 4.78 is 13.0. The Morgan fingerprint density at radius 3 is 2.94 bits per heavy atom. The lowest BCUT2D eigenvalue weighted by molar-refractivity contribution is 0.628. The van der Waals surface area contributed by atoms with Crippen LogP contribution >= 0.6 is 0 Å². The van der Waals surface area contributed by atoms with E-state index < -0.39 is 0 Å².